The molecule has 0 saturated carbocycles. The van der Waals surface area contributed by atoms with Crippen LogP contribution >= 0.6 is 0 Å². The van der Waals surface area contributed by atoms with Crippen molar-refractivity contribution in [3.05, 3.63) is 47.8 Å². The maximum absolute atomic E-state index is 12.4. The van der Waals surface area contributed by atoms with Crippen LogP contribution < -0.4 is 4.74 Å². The fraction of sp³-hybridized carbons (Fsp3) is 0.438. The maximum atomic E-state index is 12.4. The third kappa shape index (κ3) is 4.51. The average Bonchev–Trinajstić information content (AvgIpc) is 2.52. The van der Waals surface area contributed by atoms with Crippen molar-refractivity contribution in [3.63, 3.8) is 0 Å². The summed E-state index contributed by atoms with van der Waals surface area (Å²) in [5.74, 6) is 1.19. The topological polar surface area (TPSA) is 59.4 Å². The van der Waals surface area contributed by atoms with Crippen molar-refractivity contribution in [1.29, 1.82) is 0 Å². The SMILES string of the molecule is Cc1c(OCCCO)ccnc1CS(=O)C1C=CC=CC1. The summed E-state index contributed by atoms with van der Waals surface area (Å²) in [6.45, 7) is 2.52. The van der Waals surface area contributed by atoms with Gasteiger partial charge in [-0.3, -0.25) is 9.19 Å². The van der Waals surface area contributed by atoms with Crippen molar-refractivity contribution >= 4 is 10.8 Å². The molecule has 1 aromatic rings. The summed E-state index contributed by atoms with van der Waals surface area (Å²) in [6, 6.07) is 1.81. The zero-order chi connectivity index (χ0) is 15.1. The minimum atomic E-state index is -0.979. The molecule has 2 unspecified atom stereocenters. The van der Waals surface area contributed by atoms with Crippen molar-refractivity contribution < 1.29 is 14.1 Å². The monoisotopic (exact) mass is 307 g/mol. The third-order valence-corrected chi connectivity index (χ3v) is 4.96. The number of pyridine rings is 1. The summed E-state index contributed by atoms with van der Waals surface area (Å²) in [7, 11) is -0.979. The van der Waals surface area contributed by atoms with E-state index >= 15 is 0 Å². The fourth-order valence-electron chi connectivity index (χ4n) is 2.10. The Morgan fingerprint density at radius 2 is 2.33 bits per heavy atom. The first kappa shape index (κ1) is 15.9. The molecule has 1 aromatic heterocycles. The molecule has 1 aliphatic rings. The fourth-order valence-corrected chi connectivity index (χ4v) is 3.47. The minimum absolute atomic E-state index is 0.0650. The Morgan fingerprint density at radius 3 is 3.05 bits per heavy atom. The molecule has 21 heavy (non-hydrogen) atoms. The number of nitrogens with zero attached hydrogens (tertiary/aromatic N) is 1. The van der Waals surface area contributed by atoms with Crippen LogP contribution in [0.1, 0.15) is 24.1 Å². The number of aliphatic hydroxyl groups is 1. The lowest BCUT2D eigenvalue weighted by Gasteiger charge is -2.15. The van der Waals surface area contributed by atoms with E-state index in [4.69, 9.17) is 9.84 Å². The van der Waals surface area contributed by atoms with Crippen LogP contribution in [0.2, 0.25) is 0 Å². The standard InChI is InChI=1S/C16H21NO3S/c1-13-15(12-21(19)14-6-3-2-4-7-14)17-9-8-16(13)20-11-5-10-18/h2-4,6,8-9,14,18H,5,7,10-12H2,1H3. The Balaban J connectivity index is 2.02. The Hall–Kier alpha value is -1.46. The van der Waals surface area contributed by atoms with E-state index in [1.807, 2.05) is 37.3 Å². The lowest BCUT2D eigenvalue weighted by molar-refractivity contribution is 0.232. The predicted octanol–water partition coefficient (Wildman–Crippen LogP) is 2.28. The van der Waals surface area contributed by atoms with Crippen LogP contribution in [-0.2, 0) is 16.6 Å². The van der Waals surface area contributed by atoms with Crippen LogP contribution in [-0.4, -0.2) is 32.8 Å². The molecule has 0 fully saturated rings. The zero-order valence-corrected chi connectivity index (χ0v) is 13.0. The normalized spacial score (nSPS) is 18.7. The second kappa shape index (κ2) is 8.10. The smallest absolute Gasteiger partial charge is 0.125 e. The molecule has 1 heterocycles. The van der Waals surface area contributed by atoms with Crippen LogP contribution in [0.3, 0.4) is 0 Å². The van der Waals surface area contributed by atoms with Gasteiger partial charge in [0, 0.05) is 35.6 Å². The van der Waals surface area contributed by atoms with E-state index < -0.39 is 10.8 Å². The largest absolute Gasteiger partial charge is 0.493 e. The van der Waals surface area contributed by atoms with Gasteiger partial charge >= 0.3 is 0 Å². The first-order chi connectivity index (χ1) is 10.2. The zero-order valence-electron chi connectivity index (χ0n) is 12.2. The summed E-state index contributed by atoms with van der Waals surface area (Å²) in [5.41, 5.74) is 1.75. The number of ether oxygens (including phenoxy) is 1. The molecule has 114 valence electrons. The molecule has 2 atom stereocenters. The lowest BCUT2D eigenvalue weighted by Crippen LogP contribution is -2.16. The Labute approximate surface area is 128 Å². The summed E-state index contributed by atoms with van der Waals surface area (Å²) < 4.78 is 18.0. The number of hydrogen-bond donors (Lipinski definition) is 1. The molecule has 0 aliphatic heterocycles. The van der Waals surface area contributed by atoms with E-state index in [-0.39, 0.29) is 11.9 Å². The molecule has 0 saturated heterocycles. The highest BCUT2D eigenvalue weighted by atomic mass is 32.2. The van der Waals surface area contributed by atoms with Crippen molar-refractivity contribution in [2.45, 2.75) is 30.8 Å². The van der Waals surface area contributed by atoms with Crippen LogP contribution in [0.15, 0.2) is 36.6 Å². The van der Waals surface area contributed by atoms with E-state index in [2.05, 4.69) is 4.98 Å². The van der Waals surface area contributed by atoms with E-state index in [1.54, 1.807) is 6.20 Å². The molecule has 1 aliphatic carbocycles. The van der Waals surface area contributed by atoms with E-state index in [9.17, 15) is 4.21 Å². The second-order valence-electron chi connectivity index (χ2n) is 4.92. The van der Waals surface area contributed by atoms with Crippen LogP contribution in [0.25, 0.3) is 0 Å². The Morgan fingerprint density at radius 1 is 1.48 bits per heavy atom. The van der Waals surface area contributed by atoms with Crippen molar-refractivity contribution in [1.82, 2.24) is 4.98 Å². The van der Waals surface area contributed by atoms with Crippen LogP contribution in [0.5, 0.6) is 5.75 Å². The van der Waals surface area contributed by atoms with Gasteiger partial charge in [0.2, 0.25) is 0 Å². The van der Waals surface area contributed by atoms with Gasteiger partial charge in [0.1, 0.15) is 5.75 Å². The summed E-state index contributed by atoms with van der Waals surface area (Å²) in [4.78, 5) is 4.34. The molecule has 0 amide bonds. The molecule has 0 spiro atoms. The maximum Gasteiger partial charge on any atom is 0.125 e. The van der Waals surface area contributed by atoms with Crippen molar-refractivity contribution in [2.24, 2.45) is 0 Å². The third-order valence-electron chi connectivity index (χ3n) is 3.38. The lowest BCUT2D eigenvalue weighted by atomic mass is 10.2. The van der Waals surface area contributed by atoms with Crippen molar-refractivity contribution in [2.75, 3.05) is 13.2 Å². The predicted molar refractivity (Wildman–Crippen MR) is 84.7 cm³/mol. The number of hydrogen-bond acceptors (Lipinski definition) is 4. The van der Waals surface area contributed by atoms with E-state index in [1.165, 1.54) is 0 Å². The van der Waals surface area contributed by atoms with Gasteiger partial charge in [-0.2, -0.15) is 0 Å². The minimum Gasteiger partial charge on any atom is -0.493 e. The van der Waals surface area contributed by atoms with Gasteiger partial charge in [-0.15, -0.1) is 0 Å². The van der Waals surface area contributed by atoms with Gasteiger partial charge in [0.25, 0.3) is 0 Å². The molecule has 1 N–H and O–H groups in total. The van der Waals surface area contributed by atoms with Crippen LogP contribution in [0, 0.1) is 6.92 Å². The Bertz CT molecular complexity index is 554. The van der Waals surface area contributed by atoms with Gasteiger partial charge in [0.15, 0.2) is 0 Å². The number of rotatable bonds is 7. The summed E-state index contributed by atoms with van der Waals surface area (Å²) in [6.07, 6.45) is 11.1. The average molecular weight is 307 g/mol. The first-order valence-corrected chi connectivity index (χ1v) is 8.49. The molecular weight excluding hydrogens is 286 g/mol. The highest BCUT2D eigenvalue weighted by molar-refractivity contribution is 7.85. The molecular formula is C16H21NO3S. The van der Waals surface area contributed by atoms with Gasteiger partial charge in [0.05, 0.1) is 23.3 Å². The van der Waals surface area contributed by atoms with Gasteiger partial charge in [-0.05, 0) is 19.4 Å². The number of aromatic nitrogens is 1. The molecule has 0 bridgehead atoms. The Kier molecular flexibility index (Phi) is 6.14. The van der Waals surface area contributed by atoms with E-state index in [0.29, 0.717) is 18.8 Å². The molecule has 5 heteroatoms. The first-order valence-electron chi connectivity index (χ1n) is 7.11. The molecule has 4 nitrogen and oxygen atoms in total. The van der Waals surface area contributed by atoms with Crippen molar-refractivity contribution in [3.8, 4) is 5.75 Å². The number of aliphatic hydroxyl groups excluding tert-OH is 1. The molecule has 0 radical (unpaired) electrons. The second-order valence-corrected chi connectivity index (χ2v) is 6.57. The van der Waals surface area contributed by atoms with Gasteiger partial charge in [-0.1, -0.05) is 24.3 Å². The highest BCUT2D eigenvalue weighted by Gasteiger charge is 2.17. The summed E-state index contributed by atoms with van der Waals surface area (Å²) >= 11 is 0. The van der Waals surface area contributed by atoms with E-state index in [0.717, 1.165) is 23.4 Å². The quantitative estimate of drug-likeness (QED) is 0.785. The summed E-state index contributed by atoms with van der Waals surface area (Å²) in [5, 5.41) is 8.85. The van der Waals surface area contributed by atoms with Crippen LogP contribution in [0.4, 0.5) is 0 Å². The van der Waals surface area contributed by atoms with Gasteiger partial charge < -0.3 is 9.84 Å². The molecule has 2 rings (SSSR count). The van der Waals surface area contributed by atoms with Gasteiger partial charge in [-0.25, -0.2) is 0 Å². The highest BCUT2D eigenvalue weighted by Crippen LogP contribution is 2.22. The number of allylic oxidation sites excluding steroid dienone is 3. The molecule has 0 aromatic carbocycles.